The van der Waals surface area contributed by atoms with Crippen molar-refractivity contribution in [3.63, 3.8) is 0 Å². The van der Waals surface area contributed by atoms with E-state index in [0.29, 0.717) is 89.9 Å². The first-order valence-electron chi connectivity index (χ1n) is 31.9. The van der Waals surface area contributed by atoms with Crippen LogP contribution in [0.5, 0.6) is 5.75 Å². The molecule has 2 amide bonds. The number of fused-ring (bicyclic) bond motifs is 2. The van der Waals surface area contributed by atoms with E-state index in [-0.39, 0.29) is 41.3 Å². The zero-order valence-corrected chi connectivity index (χ0v) is 56.4. The highest BCUT2D eigenvalue weighted by atomic mass is 35.5. The number of anilines is 1. The summed E-state index contributed by atoms with van der Waals surface area (Å²) in [7, 11) is 2.10. The lowest BCUT2D eigenvalue weighted by Gasteiger charge is -2.29. The number of likely N-dealkylation sites (N-methyl/N-ethyl adjacent to an activating group) is 1. The predicted molar refractivity (Wildman–Crippen MR) is 356 cm³/mol. The summed E-state index contributed by atoms with van der Waals surface area (Å²) in [6.07, 6.45) is 11.6. The summed E-state index contributed by atoms with van der Waals surface area (Å²) in [5.74, 6) is 1.29. The maximum atomic E-state index is 14.2. The van der Waals surface area contributed by atoms with E-state index in [1.807, 2.05) is 77.6 Å². The quantitative estimate of drug-likeness (QED) is 0.0331. The molecule has 0 radical (unpaired) electrons. The van der Waals surface area contributed by atoms with Crippen LogP contribution in [0.25, 0.3) is 27.2 Å². The zero-order chi connectivity index (χ0) is 64.9. The van der Waals surface area contributed by atoms with E-state index < -0.39 is 11.8 Å². The van der Waals surface area contributed by atoms with Crippen molar-refractivity contribution in [3.8, 4) is 5.75 Å². The molecular formula is C72H104ClF2N5O7. The Labute approximate surface area is 524 Å². The van der Waals surface area contributed by atoms with Crippen molar-refractivity contribution in [1.82, 2.24) is 19.7 Å². The number of aliphatic hydroxyl groups excluding tert-OH is 1. The molecule has 4 aromatic carbocycles. The Morgan fingerprint density at radius 2 is 1.55 bits per heavy atom. The fourth-order valence-electron chi connectivity index (χ4n) is 10.6. The number of aromatic nitrogens is 1. The third-order valence-corrected chi connectivity index (χ3v) is 16.4. The number of piperidine rings is 1. The van der Waals surface area contributed by atoms with Crippen LogP contribution in [0.15, 0.2) is 78.0 Å². The largest absolute Gasteiger partial charge is 0.493 e. The van der Waals surface area contributed by atoms with Crippen LogP contribution in [-0.4, -0.2) is 94.2 Å². The van der Waals surface area contributed by atoms with Crippen molar-refractivity contribution in [2.24, 2.45) is 17.8 Å². The van der Waals surface area contributed by atoms with Gasteiger partial charge >= 0.3 is 5.97 Å². The normalized spacial score (nSPS) is 15.7. The Morgan fingerprint density at radius 1 is 0.885 bits per heavy atom. The molecule has 3 N–H and O–H groups in total. The fraction of sp³-hybridized carbons (Fsp3) is 0.556. The number of aryl methyl sites for hydroxylation is 2. The van der Waals surface area contributed by atoms with Gasteiger partial charge in [-0.2, -0.15) is 0 Å². The van der Waals surface area contributed by atoms with Gasteiger partial charge in [0.05, 0.1) is 22.8 Å². The molecular weight excluding hydrogens is 1120 g/mol. The number of halogens is 3. The molecule has 5 aromatic rings. The highest BCUT2D eigenvalue weighted by Gasteiger charge is 2.32. The second-order valence-electron chi connectivity index (χ2n) is 25.1. The number of ether oxygens (including phenoxy) is 2. The first-order chi connectivity index (χ1) is 41.1. The number of hydrogen-bond donors (Lipinski definition) is 3. The van der Waals surface area contributed by atoms with Gasteiger partial charge in [-0.1, -0.05) is 104 Å². The van der Waals surface area contributed by atoms with Crippen molar-refractivity contribution >= 4 is 68.1 Å². The van der Waals surface area contributed by atoms with Crippen molar-refractivity contribution in [3.05, 3.63) is 123 Å². The minimum Gasteiger partial charge on any atom is -0.493 e. The second kappa shape index (κ2) is 35.1. The molecule has 1 aromatic heterocycles. The lowest BCUT2D eigenvalue weighted by molar-refractivity contribution is -0.132. The number of nitrogens with one attached hydrogen (secondary N) is 2. The highest BCUT2D eigenvalue weighted by molar-refractivity contribution is 6.34. The summed E-state index contributed by atoms with van der Waals surface area (Å²) in [6, 6.07) is 17.5. The van der Waals surface area contributed by atoms with Gasteiger partial charge in [-0.3, -0.25) is 14.4 Å². The lowest BCUT2D eigenvalue weighted by Crippen LogP contribution is -2.42. The number of carbonyl (C=O) groups excluding carboxylic acids is 4. The van der Waals surface area contributed by atoms with Gasteiger partial charge < -0.3 is 39.6 Å². The molecule has 1 fully saturated rings. The van der Waals surface area contributed by atoms with E-state index in [4.69, 9.17) is 26.2 Å². The molecule has 2 aliphatic rings. The number of rotatable bonds is 23. The minimum absolute atomic E-state index is 0.0336. The summed E-state index contributed by atoms with van der Waals surface area (Å²) in [4.78, 5) is 52.9. The molecule has 480 valence electrons. The molecule has 4 unspecified atom stereocenters. The van der Waals surface area contributed by atoms with Crippen LogP contribution in [0.3, 0.4) is 0 Å². The number of nitrogens with zero attached hydrogens (tertiary/aromatic N) is 3. The number of ketones is 1. The number of hydrogen-bond acceptors (Lipinski definition) is 9. The molecule has 15 heteroatoms. The third-order valence-electron chi connectivity index (χ3n) is 16.1. The van der Waals surface area contributed by atoms with Crippen LogP contribution >= 0.6 is 11.6 Å². The van der Waals surface area contributed by atoms with E-state index in [9.17, 15) is 28.0 Å². The number of benzene rings is 4. The fourth-order valence-corrected chi connectivity index (χ4v) is 10.9. The molecule has 87 heavy (non-hydrogen) atoms. The first-order valence-corrected chi connectivity index (χ1v) is 32.3. The molecule has 12 nitrogen and oxygen atoms in total. The molecule has 1 saturated heterocycles. The van der Waals surface area contributed by atoms with Gasteiger partial charge in [0.25, 0.3) is 0 Å². The number of esters is 1. The summed E-state index contributed by atoms with van der Waals surface area (Å²) in [6.45, 7) is 36.2. The average Bonchev–Trinajstić information content (AvgIpc) is 1.63. The summed E-state index contributed by atoms with van der Waals surface area (Å²) >= 11 is 7.12. The van der Waals surface area contributed by atoms with Gasteiger partial charge in [0.1, 0.15) is 34.9 Å². The lowest BCUT2D eigenvalue weighted by atomic mass is 9.91. The SMILES string of the molecule is CC1CCC(O)NC1=O.CCC(C)CCn1c(C(=O)OC(C)(C)C)c(CCCOc2cccc3cc(F)ccc23)c2ccc(Cl)c(C3=C(C)N(C)CC=C3C)c21.CCCC(=O)c1ccc(F)c(C)c1NC(C)C.CCCN(CCC)C(=O)CC(C)CC. The van der Waals surface area contributed by atoms with E-state index in [1.54, 1.807) is 19.1 Å². The van der Waals surface area contributed by atoms with Crippen LogP contribution in [0.1, 0.15) is 212 Å². The zero-order valence-electron chi connectivity index (χ0n) is 55.6. The Kier molecular flexibility index (Phi) is 29.5. The predicted octanol–water partition coefficient (Wildman–Crippen LogP) is 17.5. The topological polar surface area (TPSA) is 142 Å². The number of carbonyl (C=O) groups is 4. The van der Waals surface area contributed by atoms with Crippen LogP contribution in [0.2, 0.25) is 5.02 Å². The van der Waals surface area contributed by atoms with Crippen LogP contribution < -0.4 is 15.4 Å². The maximum absolute atomic E-state index is 14.2. The van der Waals surface area contributed by atoms with Gasteiger partial charge in [0.2, 0.25) is 11.8 Å². The van der Waals surface area contributed by atoms with Crippen molar-refractivity contribution < 1.29 is 42.5 Å². The molecule has 0 aliphatic carbocycles. The standard InChI is InChI=1S/C40H48ClFN2O3.C14H20FNO.C12H25NO.C6H11NO2/c1-9-25(2)19-22-44-37-32(17-18-33(41)36(37)35-26(3)20-21-43(8)27(35)4)31(38(44)39(45)47-40(5,6)7)13-11-23-46-34-14-10-12-28-24-29(42)15-16-30(28)34;1-5-6-13(17)11-7-8-12(15)10(4)14(11)16-9(2)3;1-5-8-13(9-6-2)12(14)10-11(4)7-3;1-4-2-3-5(8)7-6(4)9/h10,12,14-18,20,24-25H,9,11,13,19,21-23H2,1-8H3;7-9,16H,5-6H2,1-4H3;11H,5-10H2,1-4H3;4-5,8H,2-3H2,1H3,(H,7,9). The Bertz CT molecular complexity index is 3150. The van der Waals surface area contributed by atoms with Crippen LogP contribution in [0, 0.1) is 36.3 Å². The monoisotopic (exact) mass is 1220 g/mol. The summed E-state index contributed by atoms with van der Waals surface area (Å²) in [5.41, 5.74) is 8.00. The van der Waals surface area contributed by atoms with Gasteiger partial charge in [0.15, 0.2) is 5.78 Å². The minimum atomic E-state index is -0.658. The van der Waals surface area contributed by atoms with Gasteiger partial charge in [-0.25, -0.2) is 13.6 Å². The molecule has 2 aliphatic heterocycles. The number of Topliss-reactive ketones (excluding diaryl/α,β-unsaturated/α-hetero) is 1. The smallest absolute Gasteiger partial charge is 0.355 e. The van der Waals surface area contributed by atoms with Gasteiger partial charge in [-0.05, 0) is 178 Å². The third kappa shape index (κ3) is 21.2. The molecule has 0 spiro atoms. The number of amides is 2. The average molecular weight is 1230 g/mol. The van der Waals surface area contributed by atoms with Gasteiger partial charge in [0, 0.05) is 96.8 Å². The highest BCUT2D eigenvalue weighted by Crippen LogP contribution is 2.43. The van der Waals surface area contributed by atoms with Crippen molar-refractivity contribution in [1.29, 1.82) is 0 Å². The molecule has 0 saturated carbocycles. The van der Waals surface area contributed by atoms with E-state index in [0.717, 1.165) is 115 Å². The molecule has 4 atom stereocenters. The molecule has 0 bridgehead atoms. The van der Waals surface area contributed by atoms with E-state index in [2.05, 4.69) is 94.7 Å². The number of allylic oxidation sites excluding steroid dienone is 3. The molecule has 7 rings (SSSR count). The Hall–Kier alpha value is -6.25. The Morgan fingerprint density at radius 3 is 2.15 bits per heavy atom. The van der Waals surface area contributed by atoms with Crippen molar-refractivity contribution in [2.45, 2.75) is 212 Å². The second-order valence-corrected chi connectivity index (χ2v) is 25.5. The Balaban J connectivity index is 0.000000326. The molecule has 3 heterocycles. The maximum Gasteiger partial charge on any atom is 0.355 e. The summed E-state index contributed by atoms with van der Waals surface area (Å²) in [5, 5.41) is 17.8. The first kappa shape index (κ1) is 73.2. The van der Waals surface area contributed by atoms with E-state index >= 15 is 0 Å². The van der Waals surface area contributed by atoms with Gasteiger partial charge in [-0.15, -0.1) is 0 Å². The summed E-state index contributed by atoms with van der Waals surface area (Å²) < 4.78 is 41.9. The van der Waals surface area contributed by atoms with Crippen LogP contribution in [0.4, 0.5) is 14.5 Å². The number of aliphatic hydroxyl groups is 1. The van der Waals surface area contributed by atoms with Crippen molar-refractivity contribution in [2.75, 3.05) is 38.6 Å². The van der Waals surface area contributed by atoms with E-state index in [1.165, 1.54) is 23.8 Å². The van der Waals surface area contributed by atoms with Crippen LogP contribution in [-0.2, 0) is 27.3 Å².